The Kier molecular flexibility index (Phi) is 6.26. The highest BCUT2D eigenvalue weighted by Gasteiger charge is 2.19. The lowest BCUT2D eigenvalue weighted by Crippen LogP contribution is -2.37. The molecule has 0 unspecified atom stereocenters. The summed E-state index contributed by atoms with van der Waals surface area (Å²) >= 11 is 0. The SMILES string of the molecule is CN(C)Cc1nc(Nc2cnc(-c3ccnc4c3ccn4C)c3cc[nH]c(=O)c23)ccc1N1CCOCC1. The summed E-state index contributed by atoms with van der Waals surface area (Å²) < 4.78 is 7.51. The number of nitrogens with zero attached hydrogens (tertiary/aromatic N) is 6. The first-order valence-corrected chi connectivity index (χ1v) is 12.6. The second kappa shape index (κ2) is 9.88. The zero-order valence-electron chi connectivity index (χ0n) is 21.7. The van der Waals surface area contributed by atoms with E-state index in [0.717, 1.165) is 52.1 Å². The van der Waals surface area contributed by atoms with E-state index in [2.05, 4.69) is 31.2 Å². The van der Waals surface area contributed by atoms with Crippen LogP contribution in [0.2, 0.25) is 0 Å². The quantitative estimate of drug-likeness (QED) is 0.358. The van der Waals surface area contributed by atoms with Gasteiger partial charge in [0.2, 0.25) is 0 Å². The number of aryl methyl sites for hydroxylation is 1. The number of ether oxygens (including phenoxy) is 1. The van der Waals surface area contributed by atoms with Crippen LogP contribution < -0.4 is 15.8 Å². The standard InChI is InChI=1S/C28H30N8O2/c1-34(2)17-22-23(36-12-14-38-15-13-36)4-5-24(33-22)32-21-16-31-26(20-7-10-30-28(37)25(20)21)18-6-9-29-27-19(18)8-11-35(27)3/h4-11,16H,12-15,17H2,1-3H3,(H,30,37)(H,32,33). The Morgan fingerprint density at radius 2 is 1.92 bits per heavy atom. The van der Waals surface area contributed by atoms with Crippen LogP contribution >= 0.6 is 0 Å². The highest BCUT2D eigenvalue weighted by atomic mass is 16.5. The van der Waals surface area contributed by atoms with Gasteiger partial charge in [0.25, 0.3) is 5.56 Å². The molecule has 1 aliphatic heterocycles. The number of fused-ring (bicyclic) bond motifs is 2. The number of aromatic nitrogens is 5. The number of morpholine rings is 1. The van der Waals surface area contributed by atoms with Crippen LogP contribution in [0.3, 0.4) is 0 Å². The molecule has 2 N–H and O–H groups in total. The van der Waals surface area contributed by atoms with Crippen LogP contribution in [0, 0.1) is 0 Å². The molecule has 6 rings (SSSR count). The molecule has 194 valence electrons. The van der Waals surface area contributed by atoms with Crippen LogP contribution in [-0.4, -0.2) is 69.8 Å². The van der Waals surface area contributed by atoms with Crippen molar-refractivity contribution in [2.24, 2.45) is 7.05 Å². The molecule has 5 aromatic heterocycles. The Bertz CT molecular complexity index is 1680. The van der Waals surface area contributed by atoms with Gasteiger partial charge in [-0.1, -0.05) is 0 Å². The van der Waals surface area contributed by atoms with Crippen molar-refractivity contribution >= 4 is 39.0 Å². The van der Waals surface area contributed by atoms with Gasteiger partial charge in [0.15, 0.2) is 0 Å². The number of nitrogens with one attached hydrogen (secondary N) is 2. The average Bonchev–Trinajstić information content (AvgIpc) is 3.30. The van der Waals surface area contributed by atoms with Crippen molar-refractivity contribution in [1.82, 2.24) is 29.4 Å². The summed E-state index contributed by atoms with van der Waals surface area (Å²) in [5.74, 6) is 0.660. The van der Waals surface area contributed by atoms with Crippen LogP contribution in [0.4, 0.5) is 17.2 Å². The van der Waals surface area contributed by atoms with Crippen LogP contribution in [0.25, 0.3) is 33.1 Å². The molecule has 38 heavy (non-hydrogen) atoms. The van der Waals surface area contributed by atoms with Gasteiger partial charge < -0.3 is 29.4 Å². The molecular weight excluding hydrogens is 480 g/mol. The van der Waals surface area contributed by atoms with E-state index in [-0.39, 0.29) is 5.56 Å². The summed E-state index contributed by atoms with van der Waals surface area (Å²) in [5, 5.41) is 5.66. The van der Waals surface area contributed by atoms with Gasteiger partial charge in [-0.05, 0) is 44.4 Å². The minimum Gasteiger partial charge on any atom is -0.378 e. The maximum Gasteiger partial charge on any atom is 0.258 e. The smallest absolute Gasteiger partial charge is 0.258 e. The van der Waals surface area contributed by atoms with E-state index in [4.69, 9.17) is 14.7 Å². The lowest BCUT2D eigenvalue weighted by Gasteiger charge is -2.31. The largest absolute Gasteiger partial charge is 0.378 e. The summed E-state index contributed by atoms with van der Waals surface area (Å²) in [7, 11) is 6.02. The first-order valence-electron chi connectivity index (χ1n) is 12.6. The topological polar surface area (TPSA) is 104 Å². The number of rotatable bonds is 6. The number of pyridine rings is 4. The van der Waals surface area contributed by atoms with Gasteiger partial charge in [-0.3, -0.25) is 9.78 Å². The van der Waals surface area contributed by atoms with Crippen LogP contribution in [0.1, 0.15) is 5.69 Å². The van der Waals surface area contributed by atoms with Gasteiger partial charge >= 0.3 is 0 Å². The second-order valence-electron chi connectivity index (χ2n) is 9.76. The van der Waals surface area contributed by atoms with E-state index in [9.17, 15) is 4.79 Å². The molecule has 1 saturated heterocycles. The number of H-pyrrole nitrogens is 1. The molecule has 0 aliphatic carbocycles. The third-order valence-electron chi connectivity index (χ3n) is 6.86. The summed E-state index contributed by atoms with van der Waals surface area (Å²) in [5.41, 5.74) is 5.01. The zero-order valence-corrected chi connectivity index (χ0v) is 21.7. The van der Waals surface area contributed by atoms with Gasteiger partial charge in [-0.25, -0.2) is 9.97 Å². The fourth-order valence-electron chi connectivity index (χ4n) is 5.10. The van der Waals surface area contributed by atoms with Crippen LogP contribution in [-0.2, 0) is 18.3 Å². The number of aromatic amines is 1. The van der Waals surface area contributed by atoms with Crippen LogP contribution in [0.5, 0.6) is 0 Å². The third-order valence-corrected chi connectivity index (χ3v) is 6.86. The Labute approximate surface area is 219 Å². The fraction of sp³-hybridized carbons (Fsp3) is 0.286. The van der Waals surface area contributed by atoms with E-state index in [1.54, 1.807) is 18.6 Å². The predicted octanol–water partition coefficient (Wildman–Crippen LogP) is 3.51. The molecule has 0 saturated carbocycles. The molecule has 5 aromatic rings. The monoisotopic (exact) mass is 510 g/mol. The highest BCUT2D eigenvalue weighted by molar-refractivity contribution is 6.06. The fourth-order valence-corrected chi connectivity index (χ4v) is 5.10. The number of anilines is 3. The Morgan fingerprint density at radius 3 is 2.74 bits per heavy atom. The van der Waals surface area contributed by atoms with E-state index < -0.39 is 0 Å². The van der Waals surface area contributed by atoms with Crippen molar-refractivity contribution in [1.29, 1.82) is 0 Å². The van der Waals surface area contributed by atoms with Crippen molar-refractivity contribution < 1.29 is 4.74 Å². The van der Waals surface area contributed by atoms with Gasteiger partial charge in [-0.2, -0.15) is 0 Å². The van der Waals surface area contributed by atoms with Crippen molar-refractivity contribution in [3.63, 3.8) is 0 Å². The summed E-state index contributed by atoms with van der Waals surface area (Å²) in [6.07, 6.45) is 7.12. The molecule has 10 nitrogen and oxygen atoms in total. The van der Waals surface area contributed by atoms with Crippen molar-refractivity contribution in [2.75, 3.05) is 50.6 Å². The van der Waals surface area contributed by atoms with E-state index in [1.165, 1.54) is 0 Å². The summed E-state index contributed by atoms with van der Waals surface area (Å²) in [4.78, 5) is 34.7. The lowest BCUT2D eigenvalue weighted by molar-refractivity contribution is 0.122. The summed E-state index contributed by atoms with van der Waals surface area (Å²) in [6, 6.07) is 9.91. The Hall–Kier alpha value is -4.28. The molecule has 1 fully saturated rings. The lowest BCUT2D eigenvalue weighted by atomic mass is 10.0. The maximum atomic E-state index is 13.1. The molecule has 6 heterocycles. The number of hydrogen-bond donors (Lipinski definition) is 2. The zero-order chi connectivity index (χ0) is 26.2. The average molecular weight is 511 g/mol. The van der Waals surface area contributed by atoms with Gasteiger partial charge in [0, 0.05) is 61.6 Å². The molecule has 0 radical (unpaired) electrons. The molecule has 0 amide bonds. The molecular formula is C28H30N8O2. The molecule has 0 spiro atoms. The van der Waals surface area contributed by atoms with Gasteiger partial charge in [0.1, 0.15) is 11.5 Å². The predicted molar refractivity (Wildman–Crippen MR) is 150 cm³/mol. The molecule has 0 bridgehead atoms. The normalized spacial score (nSPS) is 14.1. The van der Waals surface area contributed by atoms with E-state index in [0.29, 0.717) is 36.6 Å². The minimum absolute atomic E-state index is 0.189. The van der Waals surface area contributed by atoms with Crippen molar-refractivity contribution in [3.8, 4) is 11.3 Å². The molecule has 0 aromatic carbocycles. The summed E-state index contributed by atoms with van der Waals surface area (Å²) in [6.45, 7) is 3.78. The Balaban J connectivity index is 1.43. The van der Waals surface area contributed by atoms with Crippen molar-refractivity contribution in [2.45, 2.75) is 6.54 Å². The second-order valence-corrected chi connectivity index (χ2v) is 9.76. The molecule has 0 atom stereocenters. The van der Waals surface area contributed by atoms with E-state index >= 15 is 0 Å². The van der Waals surface area contributed by atoms with Gasteiger partial charge in [-0.15, -0.1) is 0 Å². The maximum absolute atomic E-state index is 13.1. The highest BCUT2D eigenvalue weighted by Crippen LogP contribution is 2.34. The van der Waals surface area contributed by atoms with Crippen molar-refractivity contribution in [3.05, 3.63) is 71.2 Å². The first kappa shape index (κ1) is 24.1. The molecule has 1 aliphatic rings. The third kappa shape index (κ3) is 4.37. The Morgan fingerprint density at radius 1 is 1.08 bits per heavy atom. The van der Waals surface area contributed by atoms with Crippen LogP contribution in [0.15, 0.2) is 59.9 Å². The number of hydrogen-bond acceptors (Lipinski definition) is 8. The van der Waals surface area contributed by atoms with Gasteiger partial charge in [0.05, 0.1) is 47.6 Å². The first-order chi connectivity index (χ1) is 18.5. The van der Waals surface area contributed by atoms with E-state index in [1.807, 2.05) is 56.2 Å². The minimum atomic E-state index is -0.189. The molecule has 10 heteroatoms.